The molecule has 90 heavy (non-hydrogen) atoms. The van der Waals surface area contributed by atoms with Crippen LogP contribution in [0, 0.1) is 0 Å². The minimum Gasteiger partial charge on any atom is -0.455 e. The van der Waals surface area contributed by atoms with E-state index in [9.17, 15) is 14.4 Å². The molecule has 494 valence electrons. The van der Waals surface area contributed by atoms with Crippen LogP contribution in [0.3, 0.4) is 0 Å². The smallest absolute Gasteiger partial charge is 0.338 e. The van der Waals surface area contributed by atoms with Crippen LogP contribution in [-0.4, -0.2) is 54.8 Å². The van der Waals surface area contributed by atoms with Crippen LogP contribution in [0.15, 0.2) is 152 Å². The molecule has 0 fully saturated rings. The van der Waals surface area contributed by atoms with Gasteiger partial charge in [0.1, 0.15) is 11.7 Å². The Bertz CT molecular complexity index is 2480. The average molecular weight is 1230 g/mol. The van der Waals surface area contributed by atoms with E-state index in [-0.39, 0.29) is 6.61 Å². The first-order chi connectivity index (χ1) is 44.3. The number of hydrogen-bond acceptors (Lipinski definition) is 8. The minimum absolute atomic E-state index is 0.221. The molecule has 9 heteroatoms. The normalized spacial score (nSPS) is 12.8. The first kappa shape index (κ1) is 74.7. The van der Waals surface area contributed by atoms with Crippen molar-refractivity contribution in [1.82, 2.24) is 5.32 Å². The third-order valence-corrected chi connectivity index (χ3v) is 17.9. The maximum Gasteiger partial charge on any atom is 0.338 e. The van der Waals surface area contributed by atoms with Gasteiger partial charge in [0.05, 0.1) is 23.8 Å². The lowest BCUT2D eigenvalue weighted by atomic mass is 9.80. The summed E-state index contributed by atoms with van der Waals surface area (Å²) in [6, 6.07) is 46.4. The fraction of sp³-hybridized carbons (Fsp3) is 0.580. The van der Waals surface area contributed by atoms with E-state index >= 15 is 4.79 Å². The Balaban J connectivity index is 1.33. The molecule has 0 saturated carbocycles. The van der Waals surface area contributed by atoms with Gasteiger partial charge in [0, 0.05) is 6.92 Å². The highest BCUT2D eigenvalue weighted by atomic mass is 16.6. The van der Waals surface area contributed by atoms with Gasteiger partial charge in [-0.2, -0.15) is 0 Å². The summed E-state index contributed by atoms with van der Waals surface area (Å²) >= 11 is 0. The number of unbranched alkanes of at least 4 members (excludes halogenated alkanes) is 34. The fourth-order valence-electron chi connectivity index (χ4n) is 12.7. The van der Waals surface area contributed by atoms with Crippen molar-refractivity contribution in [3.8, 4) is 0 Å². The topological polar surface area (TPSA) is 117 Å². The highest BCUT2D eigenvalue weighted by Crippen LogP contribution is 2.41. The van der Waals surface area contributed by atoms with E-state index in [1.807, 2.05) is 103 Å². The van der Waals surface area contributed by atoms with Gasteiger partial charge in [0.2, 0.25) is 0 Å². The van der Waals surface area contributed by atoms with Crippen molar-refractivity contribution in [2.45, 2.75) is 295 Å². The number of benzene rings is 5. The van der Waals surface area contributed by atoms with E-state index < -0.39 is 53.8 Å². The summed E-state index contributed by atoms with van der Waals surface area (Å²) in [5.41, 5.74) is 1.91. The summed E-state index contributed by atoms with van der Waals surface area (Å²) in [6.07, 6.45) is 41.8. The fourth-order valence-corrected chi connectivity index (χ4v) is 12.7. The lowest BCUT2D eigenvalue weighted by Crippen LogP contribution is -2.57. The lowest BCUT2D eigenvalue weighted by molar-refractivity contribution is -0.155. The minimum atomic E-state index is -1.27. The third kappa shape index (κ3) is 29.9. The average Bonchev–Trinajstić information content (AvgIpc) is 1.93. The number of amides is 1. The maximum absolute atomic E-state index is 15.2. The van der Waals surface area contributed by atoms with E-state index in [1.54, 1.807) is 48.5 Å². The molecular formula is C81H117NO8. The van der Waals surface area contributed by atoms with Crippen molar-refractivity contribution in [1.29, 1.82) is 0 Å². The number of esters is 3. The van der Waals surface area contributed by atoms with Crippen molar-refractivity contribution in [3.63, 3.8) is 0 Å². The molecule has 0 aliphatic carbocycles. The number of hydrogen-bond donors (Lipinski definition) is 1. The van der Waals surface area contributed by atoms with Crippen molar-refractivity contribution >= 4 is 23.8 Å². The molecule has 0 spiro atoms. The first-order valence-electron chi connectivity index (χ1n) is 36.1. The second-order valence-corrected chi connectivity index (χ2v) is 25.4. The Morgan fingerprint density at radius 2 is 0.644 bits per heavy atom. The van der Waals surface area contributed by atoms with Gasteiger partial charge < -0.3 is 24.3 Å². The summed E-state index contributed by atoms with van der Waals surface area (Å²) in [6.45, 7) is 5.65. The van der Waals surface area contributed by atoms with Gasteiger partial charge in [0.15, 0.2) is 12.2 Å². The number of carbonyl (C=O) groups is 4. The number of rotatable bonds is 53. The molecule has 0 radical (unpaired) electrons. The predicted molar refractivity (Wildman–Crippen MR) is 371 cm³/mol. The summed E-state index contributed by atoms with van der Waals surface area (Å²) in [7, 11) is 0. The van der Waals surface area contributed by atoms with Crippen LogP contribution in [0.1, 0.15) is 302 Å². The van der Waals surface area contributed by atoms with Crippen LogP contribution >= 0.6 is 0 Å². The molecule has 0 aliphatic heterocycles. The first-order valence-corrected chi connectivity index (χ1v) is 36.1. The summed E-state index contributed by atoms with van der Waals surface area (Å²) < 4.78 is 26.7. The number of ether oxygens (including phenoxy) is 4. The zero-order valence-electron chi connectivity index (χ0n) is 56.1. The van der Waals surface area contributed by atoms with Gasteiger partial charge in [-0.3, -0.25) is 9.59 Å². The molecule has 5 aromatic rings. The monoisotopic (exact) mass is 1230 g/mol. The number of nitrogens with one attached hydrogen (secondary N) is 1. The summed E-state index contributed by atoms with van der Waals surface area (Å²) in [4.78, 5) is 57.3. The van der Waals surface area contributed by atoms with E-state index in [0.717, 1.165) is 55.2 Å². The molecule has 1 N–H and O–H groups in total. The van der Waals surface area contributed by atoms with Crippen molar-refractivity contribution < 1.29 is 38.1 Å². The lowest BCUT2D eigenvalue weighted by Gasteiger charge is -2.39. The molecule has 0 aliphatic rings. The Labute approximate surface area is 545 Å². The Morgan fingerprint density at radius 1 is 0.356 bits per heavy atom. The quantitative estimate of drug-likeness (QED) is 0.0177. The van der Waals surface area contributed by atoms with Crippen LogP contribution in [0.5, 0.6) is 0 Å². The highest BCUT2D eigenvalue weighted by Gasteiger charge is 2.43. The van der Waals surface area contributed by atoms with E-state index in [2.05, 4.69) is 19.2 Å². The van der Waals surface area contributed by atoms with Gasteiger partial charge in [0.25, 0.3) is 5.91 Å². The third-order valence-electron chi connectivity index (χ3n) is 17.9. The molecular weight excluding hydrogens is 1110 g/mol. The Morgan fingerprint density at radius 3 is 0.967 bits per heavy atom. The second-order valence-electron chi connectivity index (χ2n) is 25.4. The maximum atomic E-state index is 15.2. The van der Waals surface area contributed by atoms with Crippen molar-refractivity contribution in [2.24, 2.45) is 0 Å². The zero-order valence-corrected chi connectivity index (χ0v) is 56.1. The molecule has 9 nitrogen and oxygen atoms in total. The van der Waals surface area contributed by atoms with Crippen LogP contribution < -0.4 is 5.32 Å². The zero-order chi connectivity index (χ0) is 63.8. The summed E-state index contributed by atoms with van der Waals surface area (Å²) in [5.74, 6) is -2.34. The highest BCUT2D eigenvalue weighted by molar-refractivity contribution is 5.90. The van der Waals surface area contributed by atoms with Gasteiger partial charge >= 0.3 is 17.9 Å². The second kappa shape index (κ2) is 47.8. The largest absolute Gasteiger partial charge is 0.455 e. The standard InChI is InChI=1S/C81H117NO8/c1-4-6-8-10-12-14-16-18-20-21-22-23-24-25-26-27-29-31-33-35-37-54-66-76(88-68(3)83)78(84)82-74(67-87-81(71-59-47-40-48-60-71,72-61-49-41-50-62-72)73-63-51-42-52-64-73)77(90-80(86)70-57-45-39-46-58-70)75(89-79(85)69-55-43-38-44-56-69)65-53-36-34-32-30-28-19-17-15-13-11-9-7-5-2/h38-52,55-64,74-77H,4-37,53-54,65-67H2,1-3H3,(H,82,84)/t74-,75+,76+,77-/m0/s1. The molecule has 0 aromatic heterocycles. The van der Waals surface area contributed by atoms with Crippen molar-refractivity contribution in [3.05, 3.63) is 179 Å². The van der Waals surface area contributed by atoms with Crippen LogP contribution in [0.2, 0.25) is 0 Å². The molecule has 4 atom stereocenters. The van der Waals surface area contributed by atoms with Gasteiger partial charge in [-0.25, -0.2) is 9.59 Å². The molecule has 5 rings (SSSR count). The van der Waals surface area contributed by atoms with Gasteiger partial charge in [-0.1, -0.05) is 360 Å². The van der Waals surface area contributed by atoms with Crippen molar-refractivity contribution in [2.75, 3.05) is 6.61 Å². The molecule has 5 aromatic carbocycles. The van der Waals surface area contributed by atoms with Gasteiger partial charge in [-0.15, -0.1) is 0 Å². The number of carbonyl (C=O) groups excluding carboxylic acids is 4. The van der Waals surface area contributed by atoms with Crippen LogP contribution in [0.25, 0.3) is 0 Å². The van der Waals surface area contributed by atoms with Gasteiger partial charge in [-0.05, 0) is 66.6 Å². The Hall–Kier alpha value is -6.06. The molecule has 0 bridgehead atoms. The van der Waals surface area contributed by atoms with E-state index in [1.165, 1.54) is 187 Å². The van der Waals surface area contributed by atoms with Crippen LogP contribution in [0.4, 0.5) is 0 Å². The summed E-state index contributed by atoms with van der Waals surface area (Å²) in [5, 5.41) is 3.26. The predicted octanol–water partition coefficient (Wildman–Crippen LogP) is 21.7. The van der Waals surface area contributed by atoms with E-state index in [4.69, 9.17) is 18.9 Å². The molecule has 0 saturated heterocycles. The molecule has 0 unspecified atom stereocenters. The molecule has 0 heterocycles. The van der Waals surface area contributed by atoms with Crippen LogP contribution in [-0.2, 0) is 34.1 Å². The van der Waals surface area contributed by atoms with E-state index in [0.29, 0.717) is 36.8 Å². The Kier molecular flexibility index (Phi) is 39.7. The SMILES string of the molecule is CCCCCCCCCCCCCCCCCCCCCCCC[C@@H](OC(C)=O)C(=O)N[C@@H](COC(c1ccccc1)(c1ccccc1)c1ccccc1)[C@H](OC(=O)c1ccccc1)[C@@H](CCCCCCCCCCCCCCCC)OC(=O)c1ccccc1. The molecule has 1 amide bonds.